The van der Waals surface area contributed by atoms with E-state index in [2.05, 4.69) is 14.8 Å². The molecule has 4 heteroatoms. The van der Waals surface area contributed by atoms with E-state index in [1.165, 1.54) is 12.2 Å². The van der Waals surface area contributed by atoms with E-state index in [1.807, 2.05) is 0 Å². The van der Waals surface area contributed by atoms with Gasteiger partial charge in [0.2, 0.25) is 0 Å². The number of rotatable bonds is 1. The highest BCUT2D eigenvalue weighted by atomic mass is 35.5. The van der Waals surface area contributed by atoms with E-state index in [9.17, 15) is 0 Å². The summed E-state index contributed by atoms with van der Waals surface area (Å²) in [6.07, 6.45) is 1.32. The van der Waals surface area contributed by atoms with Crippen molar-refractivity contribution in [3.05, 3.63) is 11.6 Å². The largest absolute Gasteiger partial charge is 0.313 e. The summed E-state index contributed by atoms with van der Waals surface area (Å²) in [5.41, 5.74) is 0. The number of aromatic nitrogens is 3. The van der Waals surface area contributed by atoms with Crippen molar-refractivity contribution in [2.75, 3.05) is 0 Å². The molecule has 0 amide bonds. The third kappa shape index (κ3) is 0.644. The van der Waals surface area contributed by atoms with Crippen LogP contribution in [0.15, 0.2) is 0 Å². The molecule has 1 aliphatic carbocycles. The summed E-state index contributed by atoms with van der Waals surface area (Å²) in [5, 5.41) is 8.13. The van der Waals surface area contributed by atoms with Gasteiger partial charge >= 0.3 is 0 Å². The summed E-state index contributed by atoms with van der Waals surface area (Å²) in [5.74, 6) is 4.19. The molecule has 3 nitrogen and oxygen atoms in total. The maximum Gasteiger partial charge on any atom is 0.147 e. The molecule has 58 valence electrons. The zero-order valence-electron chi connectivity index (χ0n) is 6.00. The molecule has 11 heavy (non-hydrogen) atoms. The van der Waals surface area contributed by atoms with Crippen molar-refractivity contribution in [2.45, 2.75) is 24.8 Å². The van der Waals surface area contributed by atoms with Crippen LogP contribution in [-0.2, 0) is 12.4 Å². The Morgan fingerprint density at radius 2 is 2.45 bits per heavy atom. The van der Waals surface area contributed by atoms with Gasteiger partial charge in [0.15, 0.2) is 0 Å². The zero-order chi connectivity index (χ0) is 7.42. The van der Waals surface area contributed by atoms with Crippen molar-refractivity contribution in [1.82, 2.24) is 14.8 Å². The lowest BCUT2D eigenvalue weighted by atomic mass is 10.4. The number of hydrogen-bond acceptors (Lipinski definition) is 2. The molecule has 0 saturated heterocycles. The topological polar surface area (TPSA) is 30.7 Å². The first-order valence-electron chi connectivity index (χ1n) is 3.88. The van der Waals surface area contributed by atoms with E-state index < -0.39 is 0 Å². The van der Waals surface area contributed by atoms with Crippen molar-refractivity contribution < 1.29 is 0 Å². The van der Waals surface area contributed by atoms with Gasteiger partial charge in [0.25, 0.3) is 0 Å². The van der Waals surface area contributed by atoms with Gasteiger partial charge in [0.05, 0.1) is 5.88 Å². The fraction of sp³-hybridized carbons (Fsp3) is 0.714. The van der Waals surface area contributed by atoms with Gasteiger partial charge in [-0.3, -0.25) is 0 Å². The highest BCUT2D eigenvalue weighted by Gasteiger charge is 2.48. The van der Waals surface area contributed by atoms with E-state index in [1.54, 1.807) is 0 Å². The molecular weight excluding hydrogens is 162 g/mol. The second-order valence-corrected chi connectivity index (χ2v) is 3.59. The molecule has 0 aromatic carbocycles. The molecule has 0 bridgehead atoms. The predicted octanol–water partition coefficient (Wildman–Crippen LogP) is 1.13. The summed E-state index contributed by atoms with van der Waals surface area (Å²) >= 11 is 5.69. The zero-order valence-corrected chi connectivity index (χ0v) is 6.75. The Morgan fingerprint density at radius 1 is 1.55 bits per heavy atom. The minimum absolute atomic E-state index is 0.492. The smallest absolute Gasteiger partial charge is 0.147 e. The van der Waals surface area contributed by atoms with E-state index in [4.69, 9.17) is 11.6 Å². The van der Waals surface area contributed by atoms with Crippen molar-refractivity contribution in [2.24, 2.45) is 5.92 Å². The second-order valence-electron chi connectivity index (χ2n) is 3.32. The molecule has 0 N–H and O–H groups in total. The predicted molar refractivity (Wildman–Crippen MR) is 40.4 cm³/mol. The van der Waals surface area contributed by atoms with Crippen LogP contribution in [0, 0.1) is 5.92 Å². The summed E-state index contributed by atoms with van der Waals surface area (Å²) in [4.78, 5) is 0. The van der Waals surface area contributed by atoms with Crippen LogP contribution in [0.4, 0.5) is 0 Å². The van der Waals surface area contributed by atoms with Crippen LogP contribution in [0.25, 0.3) is 0 Å². The van der Waals surface area contributed by atoms with Gasteiger partial charge in [-0.1, -0.05) is 0 Å². The van der Waals surface area contributed by atoms with Gasteiger partial charge in [-0.05, 0) is 12.3 Å². The Balaban J connectivity index is 2.12. The first-order valence-corrected chi connectivity index (χ1v) is 4.41. The first kappa shape index (κ1) is 6.00. The maximum atomic E-state index is 5.69. The van der Waals surface area contributed by atoms with Gasteiger partial charge in [-0.2, -0.15) is 0 Å². The lowest BCUT2D eigenvalue weighted by Crippen LogP contribution is -2.01. The Labute approximate surface area is 69.4 Å². The van der Waals surface area contributed by atoms with E-state index in [-0.39, 0.29) is 0 Å². The number of nitrogens with zero attached hydrogens (tertiary/aromatic N) is 3. The summed E-state index contributed by atoms with van der Waals surface area (Å²) in [6, 6.07) is 0. The van der Waals surface area contributed by atoms with Crippen LogP contribution in [0.3, 0.4) is 0 Å². The van der Waals surface area contributed by atoms with Crippen molar-refractivity contribution in [1.29, 1.82) is 0 Å². The molecular formula is C7H8ClN3. The molecule has 0 radical (unpaired) electrons. The average molecular weight is 170 g/mol. The number of fused-ring (bicyclic) bond motifs is 3. The lowest BCUT2D eigenvalue weighted by molar-refractivity contribution is 0.644. The maximum absolute atomic E-state index is 5.69. The monoisotopic (exact) mass is 169 g/mol. The van der Waals surface area contributed by atoms with Gasteiger partial charge in [-0.15, -0.1) is 21.8 Å². The van der Waals surface area contributed by atoms with E-state index in [0.717, 1.165) is 24.2 Å². The van der Waals surface area contributed by atoms with Crippen LogP contribution in [0.1, 0.15) is 24.0 Å². The van der Waals surface area contributed by atoms with Crippen LogP contribution < -0.4 is 0 Å². The molecule has 1 aliphatic heterocycles. The Bertz CT molecular complexity index is 307. The molecule has 1 aromatic heterocycles. The van der Waals surface area contributed by atoms with Gasteiger partial charge < -0.3 is 4.57 Å². The van der Waals surface area contributed by atoms with E-state index >= 15 is 0 Å². The third-order valence-electron chi connectivity index (χ3n) is 2.65. The molecule has 2 atom stereocenters. The van der Waals surface area contributed by atoms with Crippen molar-refractivity contribution in [3.63, 3.8) is 0 Å². The van der Waals surface area contributed by atoms with Crippen LogP contribution in [0.2, 0.25) is 0 Å². The van der Waals surface area contributed by atoms with Gasteiger partial charge in [0, 0.05) is 12.5 Å². The van der Waals surface area contributed by atoms with Crippen molar-refractivity contribution in [3.8, 4) is 0 Å². The number of hydrogen-bond donors (Lipinski definition) is 0. The molecule has 0 unspecified atom stereocenters. The van der Waals surface area contributed by atoms with Gasteiger partial charge in [0.1, 0.15) is 11.6 Å². The standard InChI is InChI=1S/C7H8ClN3/c8-2-6-9-10-7-5-1-4(5)3-11(6)7/h4-5H,1-3H2/t4-,5-/m0/s1. The lowest BCUT2D eigenvalue weighted by Gasteiger charge is -1.99. The summed E-state index contributed by atoms with van der Waals surface area (Å²) < 4.78 is 2.17. The fourth-order valence-corrected chi connectivity index (χ4v) is 2.12. The van der Waals surface area contributed by atoms with Gasteiger partial charge in [-0.25, -0.2) is 0 Å². The number of alkyl halides is 1. The molecule has 3 rings (SSSR count). The highest BCUT2D eigenvalue weighted by Crippen LogP contribution is 2.52. The summed E-state index contributed by atoms with van der Waals surface area (Å²) in [7, 11) is 0. The first-order chi connectivity index (χ1) is 5.40. The van der Waals surface area contributed by atoms with Crippen LogP contribution >= 0.6 is 11.6 Å². The molecule has 2 aliphatic rings. The quantitative estimate of drug-likeness (QED) is 0.591. The fourth-order valence-electron chi connectivity index (χ4n) is 1.92. The highest BCUT2D eigenvalue weighted by molar-refractivity contribution is 6.16. The number of halogens is 1. The van der Waals surface area contributed by atoms with Crippen LogP contribution in [0.5, 0.6) is 0 Å². The Morgan fingerprint density at radius 3 is 3.27 bits per heavy atom. The molecule has 1 aromatic rings. The van der Waals surface area contributed by atoms with E-state index in [0.29, 0.717) is 5.88 Å². The minimum Gasteiger partial charge on any atom is -0.313 e. The molecule has 0 spiro atoms. The average Bonchev–Trinajstić information content (AvgIpc) is 2.55. The Kier molecular flexibility index (Phi) is 0.969. The normalized spacial score (nSPS) is 31.7. The SMILES string of the molecule is ClCc1nnc2n1C[C@@H]1C[C@H]21. The van der Waals surface area contributed by atoms with Crippen molar-refractivity contribution >= 4 is 11.6 Å². The Hall–Kier alpha value is -0.570. The third-order valence-corrected chi connectivity index (χ3v) is 2.89. The molecule has 2 heterocycles. The molecule has 1 saturated carbocycles. The summed E-state index contributed by atoms with van der Waals surface area (Å²) in [6.45, 7) is 1.11. The molecule has 1 fully saturated rings. The second kappa shape index (κ2) is 1.78. The minimum atomic E-state index is 0.492. The van der Waals surface area contributed by atoms with Crippen LogP contribution in [-0.4, -0.2) is 14.8 Å².